The van der Waals surface area contributed by atoms with Crippen molar-refractivity contribution in [2.24, 2.45) is 17.6 Å². The fourth-order valence-corrected chi connectivity index (χ4v) is 3.68. The number of carbonyl (C=O) groups excluding carboxylic acids is 2. The highest BCUT2D eigenvalue weighted by atomic mass is 19.4. The molecule has 1 aliphatic heterocycles. The van der Waals surface area contributed by atoms with Gasteiger partial charge >= 0.3 is 12.3 Å². The summed E-state index contributed by atoms with van der Waals surface area (Å²) >= 11 is 0. The highest BCUT2D eigenvalue weighted by Gasteiger charge is 2.34. The maximum atomic E-state index is 12.9. The molecule has 0 aliphatic carbocycles. The van der Waals surface area contributed by atoms with Gasteiger partial charge in [-0.3, -0.25) is 4.79 Å². The first-order chi connectivity index (χ1) is 15.2. The summed E-state index contributed by atoms with van der Waals surface area (Å²) in [5.41, 5.74) is 4.25. The van der Waals surface area contributed by atoms with Crippen molar-refractivity contribution in [3.63, 3.8) is 0 Å². The molecule has 174 valence electrons. The minimum absolute atomic E-state index is 0.0219. The van der Waals surface area contributed by atoms with E-state index in [9.17, 15) is 22.8 Å². The number of alkyl halides is 3. The molecule has 1 atom stereocenters. The van der Waals surface area contributed by atoms with E-state index in [1.807, 2.05) is 0 Å². The molecule has 3 heterocycles. The molecular weight excluding hydrogens is 433 g/mol. The Morgan fingerprint density at radius 3 is 2.72 bits per heavy atom. The molecule has 1 fully saturated rings. The zero-order valence-corrected chi connectivity index (χ0v) is 17.3. The summed E-state index contributed by atoms with van der Waals surface area (Å²) in [5, 5.41) is 6.17. The summed E-state index contributed by atoms with van der Waals surface area (Å²) in [6.07, 6.45) is -2.81. The van der Waals surface area contributed by atoms with Crippen LogP contribution >= 0.6 is 0 Å². The van der Waals surface area contributed by atoms with Crippen molar-refractivity contribution in [1.82, 2.24) is 20.4 Å². The Morgan fingerprint density at radius 1 is 1.38 bits per heavy atom. The molecule has 2 aromatic heterocycles. The minimum Gasteiger partial charge on any atom is -0.449 e. The summed E-state index contributed by atoms with van der Waals surface area (Å²) < 4.78 is 49.0. The first-order valence-electron chi connectivity index (χ1n) is 9.92. The number of nitrogens with zero attached hydrogens (tertiary/aromatic N) is 4. The number of nitrogens with two attached hydrogens (primary N) is 1. The average molecular weight is 456 g/mol. The lowest BCUT2D eigenvalue weighted by molar-refractivity contribution is -0.141. The lowest BCUT2D eigenvalue weighted by atomic mass is 9.82. The molecule has 2 amide bonds. The molecule has 0 spiro atoms. The molecule has 13 heteroatoms. The third-order valence-corrected chi connectivity index (χ3v) is 5.34. The molecule has 3 rings (SSSR count). The lowest BCUT2D eigenvalue weighted by Crippen LogP contribution is -2.39. The second-order valence-electron chi connectivity index (χ2n) is 7.42. The number of rotatable bonds is 7. The van der Waals surface area contributed by atoms with Crippen LogP contribution in [0.25, 0.3) is 0 Å². The first kappa shape index (κ1) is 23.3. The van der Waals surface area contributed by atoms with Gasteiger partial charge in [0, 0.05) is 44.7 Å². The number of carbonyl (C=O) groups is 2. The standard InChI is InChI=1S/C19H23F3N6O4/c1-24-16(29)14-9-13(32-27-14)8-12(10-31-17(23)30)11-3-6-28(7-4-11)18-25-5-2-15(26-18)19(20,21)22/h2,5,9,11-12H,3-4,6-8,10H2,1H3,(H2,23,30)(H,24,29). The van der Waals surface area contributed by atoms with Crippen LogP contribution in [0, 0.1) is 11.8 Å². The van der Waals surface area contributed by atoms with Crippen molar-refractivity contribution < 1.29 is 32.0 Å². The van der Waals surface area contributed by atoms with Crippen LogP contribution in [0.1, 0.15) is 34.8 Å². The zero-order valence-electron chi connectivity index (χ0n) is 17.3. The second kappa shape index (κ2) is 9.83. The number of hydrogen-bond donors (Lipinski definition) is 2. The van der Waals surface area contributed by atoms with Gasteiger partial charge in [-0.2, -0.15) is 13.2 Å². The fraction of sp³-hybridized carbons (Fsp3) is 0.526. The molecule has 2 aromatic rings. The maximum absolute atomic E-state index is 12.9. The quantitative estimate of drug-likeness (QED) is 0.646. The van der Waals surface area contributed by atoms with Gasteiger partial charge in [0.1, 0.15) is 11.5 Å². The average Bonchev–Trinajstić information content (AvgIpc) is 3.24. The van der Waals surface area contributed by atoms with Crippen LogP contribution in [-0.2, 0) is 17.3 Å². The lowest BCUT2D eigenvalue weighted by Gasteiger charge is -2.35. The van der Waals surface area contributed by atoms with Crippen molar-refractivity contribution in [2.45, 2.75) is 25.4 Å². The van der Waals surface area contributed by atoms with Gasteiger partial charge < -0.3 is 25.2 Å². The Bertz CT molecular complexity index is 943. The molecular formula is C19H23F3N6O4. The number of primary amides is 1. The van der Waals surface area contributed by atoms with Gasteiger partial charge in [-0.25, -0.2) is 14.8 Å². The number of hydrogen-bond acceptors (Lipinski definition) is 8. The number of halogens is 3. The van der Waals surface area contributed by atoms with Crippen LogP contribution in [0.15, 0.2) is 22.9 Å². The summed E-state index contributed by atoms with van der Waals surface area (Å²) in [7, 11) is 1.47. The van der Waals surface area contributed by atoms with E-state index in [4.69, 9.17) is 15.0 Å². The molecule has 1 aliphatic rings. The molecule has 1 saturated heterocycles. The van der Waals surface area contributed by atoms with Gasteiger partial charge in [-0.1, -0.05) is 5.16 Å². The van der Waals surface area contributed by atoms with E-state index >= 15 is 0 Å². The monoisotopic (exact) mass is 456 g/mol. The van der Waals surface area contributed by atoms with Crippen molar-refractivity contribution in [1.29, 1.82) is 0 Å². The van der Waals surface area contributed by atoms with E-state index in [0.29, 0.717) is 38.1 Å². The normalized spacial score (nSPS) is 15.9. The van der Waals surface area contributed by atoms with Crippen LogP contribution in [0.3, 0.4) is 0 Å². The number of piperidine rings is 1. The van der Waals surface area contributed by atoms with Crippen molar-refractivity contribution in [3.05, 3.63) is 35.5 Å². The summed E-state index contributed by atoms with van der Waals surface area (Å²) in [4.78, 5) is 32.1. The minimum atomic E-state index is -4.54. The van der Waals surface area contributed by atoms with E-state index in [-0.39, 0.29) is 36.0 Å². The molecule has 1 unspecified atom stereocenters. The Labute approximate surface area is 181 Å². The fourth-order valence-electron chi connectivity index (χ4n) is 3.68. The predicted molar refractivity (Wildman–Crippen MR) is 105 cm³/mol. The third kappa shape index (κ3) is 5.86. The number of nitrogens with one attached hydrogen (secondary N) is 1. The summed E-state index contributed by atoms with van der Waals surface area (Å²) in [6, 6.07) is 2.35. The van der Waals surface area contributed by atoms with Crippen LogP contribution in [0.5, 0.6) is 0 Å². The molecule has 0 bridgehead atoms. The molecule has 0 radical (unpaired) electrons. The first-order valence-corrected chi connectivity index (χ1v) is 9.92. The molecule has 32 heavy (non-hydrogen) atoms. The highest BCUT2D eigenvalue weighted by Crippen LogP contribution is 2.32. The van der Waals surface area contributed by atoms with Crippen molar-refractivity contribution in [2.75, 3.05) is 31.6 Å². The summed E-state index contributed by atoms with van der Waals surface area (Å²) in [5.74, 6) is -0.0409. The zero-order chi connectivity index (χ0) is 23.3. The van der Waals surface area contributed by atoms with Crippen molar-refractivity contribution >= 4 is 17.9 Å². The van der Waals surface area contributed by atoms with E-state index in [1.54, 1.807) is 4.90 Å². The number of ether oxygens (including phenoxy) is 1. The van der Waals surface area contributed by atoms with Gasteiger partial charge in [-0.05, 0) is 24.8 Å². The molecule has 10 nitrogen and oxygen atoms in total. The van der Waals surface area contributed by atoms with E-state index in [0.717, 1.165) is 12.3 Å². The van der Waals surface area contributed by atoms with E-state index < -0.39 is 18.0 Å². The van der Waals surface area contributed by atoms with E-state index in [2.05, 4.69) is 20.4 Å². The van der Waals surface area contributed by atoms with Gasteiger partial charge in [0.25, 0.3) is 5.91 Å². The Hall–Kier alpha value is -3.38. The Kier molecular flexibility index (Phi) is 7.15. The van der Waals surface area contributed by atoms with E-state index in [1.165, 1.54) is 13.1 Å². The summed E-state index contributed by atoms with van der Waals surface area (Å²) in [6.45, 7) is 0.897. The van der Waals surface area contributed by atoms with Gasteiger partial charge in [0.05, 0.1) is 6.61 Å². The molecule has 0 saturated carbocycles. The largest absolute Gasteiger partial charge is 0.449 e. The van der Waals surface area contributed by atoms with Gasteiger partial charge in [-0.15, -0.1) is 0 Å². The van der Waals surface area contributed by atoms with Gasteiger partial charge in [0.15, 0.2) is 5.69 Å². The van der Waals surface area contributed by atoms with Crippen LogP contribution in [-0.4, -0.2) is 53.9 Å². The van der Waals surface area contributed by atoms with Crippen LogP contribution < -0.4 is 16.0 Å². The maximum Gasteiger partial charge on any atom is 0.433 e. The SMILES string of the molecule is CNC(=O)c1cc(CC(COC(N)=O)C2CCN(c3nccc(C(F)(F)F)n3)CC2)on1. The van der Waals surface area contributed by atoms with Gasteiger partial charge in [0.2, 0.25) is 5.95 Å². The molecule has 3 N–H and O–H groups in total. The Balaban J connectivity index is 1.66. The second-order valence-corrected chi connectivity index (χ2v) is 7.42. The third-order valence-electron chi connectivity index (χ3n) is 5.34. The Morgan fingerprint density at radius 2 is 2.09 bits per heavy atom. The number of anilines is 1. The topological polar surface area (TPSA) is 136 Å². The van der Waals surface area contributed by atoms with Crippen LogP contribution in [0.4, 0.5) is 23.9 Å². The van der Waals surface area contributed by atoms with Crippen LogP contribution in [0.2, 0.25) is 0 Å². The molecule has 0 aromatic carbocycles. The highest BCUT2D eigenvalue weighted by molar-refractivity contribution is 5.91. The number of aromatic nitrogens is 3. The van der Waals surface area contributed by atoms with Crippen molar-refractivity contribution in [3.8, 4) is 0 Å². The predicted octanol–water partition coefficient (Wildman–Crippen LogP) is 2.01. The smallest absolute Gasteiger partial charge is 0.433 e. The number of amides is 2.